The Bertz CT molecular complexity index is 255. The van der Waals surface area contributed by atoms with Gasteiger partial charge >= 0.3 is 0 Å². The number of allylic oxidation sites excluding steroid dienone is 1. The Hall–Kier alpha value is -1.18. The molecule has 0 amide bonds. The lowest BCUT2D eigenvalue weighted by Gasteiger charge is -1.97. The molecule has 2 heteroatoms. The lowest BCUT2D eigenvalue weighted by atomic mass is 10.2. The third kappa shape index (κ3) is 1.21. The Morgan fingerprint density at radius 3 is 2.80 bits per heavy atom. The molecular formula is C8H8FN. The molecule has 1 heterocycles. The summed E-state index contributed by atoms with van der Waals surface area (Å²) in [7, 11) is 0. The van der Waals surface area contributed by atoms with E-state index < -0.39 is 0 Å². The van der Waals surface area contributed by atoms with E-state index >= 15 is 0 Å². The third-order valence-electron chi connectivity index (χ3n) is 1.16. The lowest BCUT2D eigenvalue weighted by molar-refractivity contribution is 0.616. The molecule has 0 aromatic carbocycles. The maximum Gasteiger partial charge on any atom is 0.149 e. The van der Waals surface area contributed by atoms with E-state index in [1.54, 1.807) is 19.2 Å². The van der Waals surface area contributed by atoms with Crippen LogP contribution in [0.5, 0.6) is 0 Å². The van der Waals surface area contributed by atoms with Crippen molar-refractivity contribution in [1.29, 1.82) is 0 Å². The van der Waals surface area contributed by atoms with Crippen molar-refractivity contribution in [2.75, 3.05) is 0 Å². The second-order valence-electron chi connectivity index (χ2n) is 2.11. The number of nitrogens with zero attached hydrogens (tertiary/aromatic N) is 1. The summed E-state index contributed by atoms with van der Waals surface area (Å²) >= 11 is 0. The van der Waals surface area contributed by atoms with E-state index in [9.17, 15) is 4.39 Å². The third-order valence-corrected chi connectivity index (χ3v) is 1.16. The quantitative estimate of drug-likeness (QED) is 0.578. The number of pyridine rings is 1. The molecule has 52 valence electrons. The zero-order chi connectivity index (χ0) is 7.56. The average molecular weight is 137 g/mol. The van der Waals surface area contributed by atoms with Gasteiger partial charge in [0.15, 0.2) is 0 Å². The van der Waals surface area contributed by atoms with Crippen LogP contribution in [0, 0.1) is 5.82 Å². The van der Waals surface area contributed by atoms with Crippen LogP contribution in [0.1, 0.15) is 12.6 Å². The zero-order valence-electron chi connectivity index (χ0n) is 5.76. The van der Waals surface area contributed by atoms with Crippen molar-refractivity contribution in [3.63, 3.8) is 0 Å². The first kappa shape index (κ1) is 6.93. The van der Waals surface area contributed by atoms with Gasteiger partial charge in [-0.25, -0.2) is 4.39 Å². The van der Waals surface area contributed by atoms with Gasteiger partial charge in [-0.3, -0.25) is 4.98 Å². The molecule has 1 aromatic heterocycles. The van der Waals surface area contributed by atoms with Gasteiger partial charge in [0.1, 0.15) is 11.5 Å². The summed E-state index contributed by atoms with van der Waals surface area (Å²) in [6.45, 7) is 5.31. The smallest absolute Gasteiger partial charge is 0.149 e. The largest absolute Gasteiger partial charge is 0.254 e. The molecule has 0 spiro atoms. The van der Waals surface area contributed by atoms with Crippen LogP contribution in [0.4, 0.5) is 4.39 Å². The molecule has 0 aliphatic rings. The first-order valence-corrected chi connectivity index (χ1v) is 2.98. The number of aromatic nitrogens is 1. The van der Waals surface area contributed by atoms with Gasteiger partial charge in [0.25, 0.3) is 0 Å². The summed E-state index contributed by atoms with van der Waals surface area (Å²) in [4.78, 5) is 3.80. The highest BCUT2D eigenvalue weighted by atomic mass is 19.1. The Kier molecular flexibility index (Phi) is 1.81. The Labute approximate surface area is 59.2 Å². The molecule has 0 radical (unpaired) electrons. The summed E-state index contributed by atoms with van der Waals surface area (Å²) in [5, 5.41) is 0. The van der Waals surface area contributed by atoms with E-state index in [0.29, 0.717) is 11.3 Å². The predicted octanol–water partition coefficient (Wildman–Crippen LogP) is 2.25. The molecular weight excluding hydrogens is 129 g/mol. The highest BCUT2D eigenvalue weighted by Gasteiger charge is 2.00. The molecule has 0 N–H and O–H groups in total. The average Bonchev–Trinajstić information content (AvgIpc) is 1.88. The van der Waals surface area contributed by atoms with E-state index in [1.807, 2.05) is 0 Å². The minimum atomic E-state index is -0.310. The van der Waals surface area contributed by atoms with Gasteiger partial charge in [-0.2, -0.15) is 0 Å². The highest BCUT2D eigenvalue weighted by molar-refractivity contribution is 5.57. The second kappa shape index (κ2) is 2.60. The Morgan fingerprint density at radius 2 is 2.40 bits per heavy atom. The molecule has 1 rings (SSSR count). The fourth-order valence-corrected chi connectivity index (χ4v) is 0.700. The van der Waals surface area contributed by atoms with Crippen LogP contribution < -0.4 is 0 Å². The lowest BCUT2D eigenvalue weighted by Crippen LogP contribution is -1.88. The van der Waals surface area contributed by atoms with Crippen LogP contribution in [0.15, 0.2) is 24.9 Å². The molecule has 1 aromatic rings. The molecule has 1 nitrogen and oxygen atoms in total. The molecule has 0 aliphatic carbocycles. The topological polar surface area (TPSA) is 12.9 Å². The van der Waals surface area contributed by atoms with Crippen LogP contribution in [-0.2, 0) is 0 Å². The summed E-state index contributed by atoms with van der Waals surface area (Å²) in [5.74, 6) is -0.310. The standard InChI is InChI=1S/C8H8FN/c1-6(2)8-7(9)4-3-5-10-8/h3-5H,1H2,2H3. The van der Waals surface area contributed by atoms with Crippen LogP contribution in [0.3, 0.4) is 0 Å². The molecule has 0 aliphatic heterocycles. The molecule has 0 unspecified atom stereocenters. The van der Waals surface area contributed by atoms with Crippen molar-refractivity contribution < 1.29 is 4.39 Å². The van der Waals surface area contributed by atoms with E-state index in [4.69, 9.17) is 0 Å². The Balaban J connectivity index is 3.15. The van der Waals surface area contributed by atoms with Gasteiger partial charge in [0.2, 0.25) is 0 Å². The molecule has 0 saturated heterocycles. The summed E-state index contributed by atoms with van der Waals surface area (Å²) in [6.07, 6.45) is 1.55. The number of hydrogen-bond donors (Lipinski definition) is 0. The fourth-order valence-electron chi connectivity index (χ4n) is 0.700. The first-order valence-electron chi connectivity index (χ1n) is 2.98. The van der Waals surface area contributed by atoms with Gasteiger partial charge in [-0.15, -0.1) is 0 Å². The van der Waals surface area contributed by atoms with Crippen LogP contribution in [0.2, 0.25) is 0 Å². The predicted molar refractivity (Wildman–Crippen MR) is 38.9 cm³/mol. The molecule has 0 bridgehead atoms. The minimum Gasteiger partial charge on any atom is -0.254 e. The maximum atomic E-state index is 12.7. The molecule has 0 fully saturated rings. The molecule has 10 heavy (non-hydrogen) atoms. The van der Waals surface area contributed by atoms with E-state index in [-0.39, 0.29) is 5.82 Å². The van der Waals surface area contributed by atoms with Crippen molar-refractivity contribution in [2.24, 2.45) is 0 Å². The first-order chi connectivity index (χ1) is 4.72. The van der Waals surface area contributed by atoms with Crippen molar-refractivity contribution in [3.8, 4) is 0 Å². The van der Waals surface area contributed by atoms with Gasteiger partial charge in [-0.1, -0.05) is 6.58 Å². The fraction of sp³-hybridized carbons (Fsp3) is 0.125. The van der Waals surface area contributed by atoms with E-state index in [2.05, 4.69) is 11.6 Å². The van der Waals surface area contributed by atoms with E-state index in [1.165, 1.54) is 6.07 Å². The van der Waals surface area contributed by atoms with Gasteiger partial charge < -0.3 is 0 Å². The second-order valence-corrected chi connectivity index (χ2v) is 2.11. The SMILES string of the molecule is C=C(C)c1ncccc1F. The number of halogens is 1. The molecule has 0 atom stereocenters. The van der Waals surface area contributed by atoms with E-state index in [0.717, 1.165) is 0 Å². The summed E-state index contributed by atoms with van der Waals surface area (Å²) in [6, 6.07) is 2.93. The zero-order valence-corrected chi connectivity index (χ0v) is 5.76. The van der Waals surface area contributed by atoms with Crippen molar-refractivity contribution >= 4 is 5.57 Å². The van der Waals surface area contributed by atoms with Crippen LogP contribution >= 0.6 is 0 Å². The van der Waals surface area contributed by atoms with Crippen molar-refractivity contribution in [3.05, 3.63) is 36.4 Å². The summed E-state index contributed by atoms with van der Waals surface area (Å²) < 4.78 is 12.7. The van der Waals surface area contributed by atoms with Crippen molar-refractivity contribution in [2.45, 2.75) is 6.92 Å². The number of rotatable bonds is 1. The normalized spacial score (nSPS) is 9.40. The number of hydrogen-bond acceptors (Lipinski definition) is 1. The highest BCUT2D eigenvalue weighted by Crippen LogP contribution is 2.10. The van der Waals surface area contributed by atoms with Crippen molar-refractivity contribution in [1.82, 2.24) is 4.98 Å². The van der Waals surface area contributed by atoms with Gasteiger partial charge in [0, 0.05) is 6.20 Å². The van der Waals surface area contributed by atoms with Gasteiger partial charge in [0.05, 0.1) is 0 Å². The monoisotopic (exact) mass is 137 g/mol. The van der Waals surface area contributed by atoms with Crippen LogP contribution in [0.25, 0.3) is 5.57 Å². The molecule has 0 saturated carbocycles. The maximum absolute atomic E-state index is 12.7. The minimum absolute atomic E-state index is 0.310. The Morgan fingerprint density at radius 1 is 1.70 bits per heavy atom. The van der Waals surface area contributed by atoms with Crippen LogP contribution in [-0.4, -0.2) is 4.98 Å². The summed E-state index contributed by atoms with van der Waals surface area (Å²) in [5.41, 5.74) is 1.00. The van der Waals surface area contributed by atoms with Gasteiger partial charge in [-0.05, 0) is 24.6 Å².